The van der Waals surface area contributed by atoms with Gasteiger partial charge in [0.25, 0.3) is 11.8 Å². The van der Waals surface area contributed by atoms with Crippen LogP contribution in [0, 0.1) is 0 Å². The molecule has 1 aliphatic heterocycles. The number of aromatic nitrogens is 4. The lowest BCUT2D eigenvalue weighted by molar-refractivity contribution is -0.139. The molecule has 2 aromatic carbocycles. The third-order valence-electron chi connectivity index (χ3n) is 5.70. The summed E-state index contributed by atoms with van der Waals surface area (Å²) in [5.41, 5.74) is 1.94. The van der Waals surface area contributed by atoms with Crippen LogP contribution in [0.25, 0.3) is 5.69 Å². The van der Waals surface area contributed by atoms with Gasteiger partial charge in [0, 0.05) is 23.3 Å². The van der Waals surface area contributed by atoms with Gasteiger partial charge in [0.2, 0.25) is 0 Å². The van der Waals surface area contributed by atoms with Crippen LogP contribution in [-0.4, -0.2) is 55.6 Å². The second kappa shape index (κ2) is 9.59. The zero-order chi connectivity index (χ0) is 22.5. The van der Waals surface area contributed by atoms with Crippen LogP contribution in [0.1, 0.15) is 43.5 Å². The van der Waals surface area contributed by atoms with Gasteiger partial charge >= 0.3 is 0 Å². The molecule has 0 radical (unpaired) electrons. The molecule has 9 nitrogen and oxygen atoms in total. The molecule has 1 fully saturated rings. The first-order valence-electron chi connectivity index (χ1n) is 10.7. The quantitative estimate of drug-likeness (QED) is 0.640. The second-order valence-corrected chi connectivity index (χ2v) is 8.00. The molecule has 1 aromatic heterocycles. The molecule has 1 saturated heterocycles. The van der Waals surface area contributed by atoms with Crippen LogP contribution < -0.4 is 10.1 Å². The Kier molecular flexibility index (Phi) is 6.44. The maximum atomic E-state index is 12.6. The largest absolute Gasteiger partial charge is 0.484 e. The number of nitrogens with one attached hydrogen (secondary N) is 1. The van der Waals surface area contributed by atoms with Crippen molar-refractivity contribution in [3.8, 4) is 11.4 Å². The molecule has 2 heterocycles. The van der Waals surface area contributed by atoms with Gasteiger partial charge in [-0.2, -0.15) is 0 Å². The Balaban J connectivity index is 1.31. The topological polar surface area (TPSA) is 102 Å². The Morgan fingerprint density at radius 1 is 1.03 bits per heavy atom. The van der Waals surface area contributed by atoms with E-state index in [0.717, 1.165) is 24.9 Å². The minimum Gasteiger partial charge on any atom is -0.484 e. The van der Waals surface area contributed by atoms with Gasteiger partial charge in [-0.25, -0.2) is 4.68 Å². The van der Waals surface area contributed by atoms with E-state index in [4.69, 9.17) is 4.74 Å². The average Bonchev–Trinajstić information content (AvgIpc) is 3.33. The Labute approximate surface area is 186 Å². The highest BCUT2D eigenvalue weighted by Gasteiger charge is 2.28. The highest BCUT2D eigenvalue weighted by Crippen LogP contribution is 2.23. The molecule has 0 bridgehead atoms. The number of carbonyl (C=O) groups is 2. The van der Waals surface area contributed by atoms with Gasteiger partial charge in [-0.05, 0) is 92.1 Å². The van der Waals surface area contributed by atoms with Crippen LogP contribution in [0.5, 0.6) is 5.75 Å². The zero-order valence-corrected chi connectivity index (χ0v) is 18.1. The van der Waals surface area contributed by atoms with E-state index < -0.39 is 0 Å². The molecule has 4 rings (SSSR count). The minimum absolute atomic E-state index is 0.00311. The Morgan fingerprint density at radius 2 is 1.72 bits per heavy atom. The second-order valence-electron chi connectivity index (χ2n) is 8.00. The summed E-state index contributed by atoms with van der Waals surface area (Å²) in [6.07, 6.45) is 4.71. The van der Waals surface area contributed by atoms with Gasteiger partial charge in [0.1, 0.15) is 12.1 Å². The summed E-state index contributed by atoms with van der Waals surface area (Å²) < 4.78 is 7.21. The van der Waals surface area contributed by atoms with Crippen molar-refractivity contribution in [2.24, 2.45) is 0 Å². The van der Waals surface area contributed by atoms with Crippen molar-refractivity contribution in [2.45, 2.75) is 45.2 Å². The molecule has 32 heavy (non-hydrogen) atoms. The van der Waals surface area contributed by atoms with Gasteiger partial charge in [-0.3, -0.25) is 9.59 Å². The fourth-order valence-electron chi connectivity index (χ4n) is 4.02. The molecular weight excluding hydrogens is 408 g/mol. The lowest BCUT2D eigenvalue weighted by Crippen LogP contribution is -2.49. The van der Waals surface area contributed by atoms with Gasteiger partial charge in [0.15, 0.2) is 6.61 Å². The Morgan fingerprint density at radius 3 is 2.34 bits per heavy atom. The number of amides is 2. The van der Waals surface area contributed by atoms with Crippen LogP contribution in [0.3, 0.4) is 0 Å². The van der Waals surface area contributed by atoms with Crippen molar-refractivity contribution in [1.29, 1.82) is 0 Å². The average molecular weight is 435 g/mol. The first-order valence-corrected chi connectivity index (χ1v) is 10.7. The number of anilines is 1. The first kappa shape index (κ1) is 21.5. The smallest absolute Gasteiger partial charge is 0.260 e. The van der Waals surface area contributed by atoms with Crippen LogP contribution in [0.2, 0.25) is 0 Å². The number of hydrogen-bond donors (Lipinski definition) is 1. The number of piperidine rings is 1. The third-order valence-corrected chi connectivity index (χ3v) is 5.70. The number of rotatable bonds is 6. The highest BCUT2D eigenvalue weighted by atomic mass is 16.5. The number of likely N-dealkylation sites (tertiary alicyclic amines) is 1. The maximum Gasteiger partial charge on any atom is 0.260 e. The molecule has 0 saturated carbocycles. The lowest BCUT2D eigenvalue weighted by Gasteiger charge is -2.38. The van der Waals surface area contributed by atoms with Gasteiger partial charge < -0.3 is 15.0 Å². The molecular formula is C23H26N6O3. The standard InChI is InChI=1S/C23H26N6O3/c1-16-4-3-5-17(2)29(16)22(30)14-32-21-12-6-18(7-13-21)23(31)25-19-8-10-20(11-9-19)28-15-24-26-27-28/h6-13,15-17H,3-5,14H2,1-2H3,(H,25,31). The summed E-state index contributed by atoms with van der Waals surface area (Å²) in [5.74, 6) is 0.313. The van der Waals surface area contributed by atoms with E-state index in [0.29, 0.717) is 17.0 Å². The number of carbonyl (C=O) groups excluding carboxylic acids is 2. The molecule has 3 aromatic rings. The van der Waals surface area contributed by atoms with Crippen molar-refractivity contribution < 1.29 is 14.3 Å². The molecule has 166 valence electrons. The monoisotopic (exact) mass is 434 g/mol. The molecule has 0 aliphatic carbocycles. The number of hydrogen-bond acceptors (Lipinski definition) is 6. The predicted octanol–water partition coefficient (Wildman–Crippen LogP) is 3.08. The van der Waals surface area contributed by atoms with Crippen molar-refractivity contribution >= 4 is 17.5 Å². The number of benzene rings is 2. The van der Waals surface area contributed by atoms with E-state index in [1.54, 1.807) is 36.4 Å². The predicted molar refractivity (Wildman–Crippen MR) is 119 cm³/mol. The van der Waals surface area contributed by atoms with E-state index in [1.807, 2.05) is 17.0 Å². The lowest BCUT2D eigenvalue weighted by atomic mass is 9.97. The van der Waals surface area contributed by atoms with Crippen LogP contribution in [0.4, 0.5) is 5.69 Å². The van der Waals surface area contributed by atoms with E-state index in [1.165, 1.54) is 11.0 Å². The van der Waals surface area contributed by atoms with Crippen LogP contribution in [0.15, 0.2) is 54.9 Å². The maximum absolute atomic E-state index is 12.6. The molecule has 9 heteroatoms. The number of nitrogens with zero attached hydrogens (tertiary/aromatic N) is 5. The first-order chi connectivity index (χ1) is 15.5. The van der Waals surface area contributed by atoms with Crippen molar-refractivity contribution in [1.82, 2.24) is 25.1 Å². The zero-order valence-electron chi connectivity index (χ0n) is 18.1. The van der Waals surface area contributed by atoms with Crippen molar-refractivity contribution in [2.75, 3.05) is 11.9 Å². The van der Waals surface area contributed by atoms with Gasteiger partial charge in [0.05, 0.1) is 5.69 Å². The molecule has 2 unspecified atom stereocenters. The minimum atomic E-state index is -0.237. The van der Waals surface area contributed by atoms with Gasteiger partial charge in [-0.1, -0.05) is 0 Å². The van der Waals surface area contributed by atoms with Crippen molar-refractivity contribution in [3.63, 3.8) is 0 Å². The van der Waals surface area contributed by atoms with E-state index >= 15 is 0 Å². The summed E-state index contributed by atoms with van der Waals surface area (Å²) in [6, 6.07) is 14.4. The summed E-state index contributed by atoms with van der Waals surface area (Å²) in [6.45, 7) is 4.16. The Bertz CT molecular complexity index is 1040. The number of tetrazole rings is 1. The third kappa shape index (κ3) is 4.93. The molecule has 1 N–H and O–H groups in total. The van der Waals surface area contributed by atoms with Crippen molar-refractivity contribution in [3.05, 3.63) is 60.4 Å². The summed E-state index contributed by atoms with van der Waals surface area (Å²) >= 11 is 0. The van der Waals surface area contributed by atoms with Crippen LogP contribution >= 0.6 is 0 Å². The summed E-state index contributed by atoms with van der Waals surface area (Å²) in [7, 11) is 0. The normalized spacial score (nSPS) is 18.2. The van der Waals surface area contributed by atoms with Crippen LogP contribution in [-0.2, 0) is 4.79 Å². The molecule has 1 aliphatic rings. The van der Waals surface area contributed by atoms with Gasteiger partial charge in [-0.15, -0.1) is 5.10 Å². The van der Waals surface area contributed by atoms with E-state index in [9.17, 15) is 9.59 Å². The Hall–Kier alpha value is -3.75. The summed E-state index contributed by atoms with van der Waals surface area (Å²) in [5, 5.41) is 13.9. The molecule has 0 spiro atoms. The highest BCUT2D eigenvalue weighted by molar-refractivity contribution is 6.04. The summed E-state index contributed by atoms with van der Waals surface area (Å²) in [4.78, 5) is 27.1. The SMILES string of the molecule is CC1CCCC(C)N1C(=O)COc1ccc(C(=O)Nc2ccc(-n3cnnn3)cc2)cc1. The van der Waals surface area contributed by atoms with E-state index in [2.05, 4.69) is 34.7 Å². The molecule has 2 atom stereocenters. The number of ether oxygens (including phenoxy) is 1. The molecule has 2 amide bonds. The van der Waals surface area contributed by atoms with E-state index in [-0.39, 0.29) is 30.5 Å². The fraction of sp³-hybridized carbons (Fsp3) is 0.348. The fourth-order valence-corrected chi connectivity index (χ4v) is 4.02.